The highest BCUT2D eigenvalue weighted by molar-refractivity contribution is 5.74. The van der Waals surface area contributed by atoms with E-state index in [9.17, 15) is 9.90 Å². The molecule has 2 atom stereocenters. The second kappa shape index (κ2) is 5.67. The summed E-state index contributed by atoms with van der Waals surface area (Å²) >= 11 is 0. The van der Waals surface area contributed by atoms with Crippen LogP contribution in [-0.2, 0) is 13.6 Å². The van der Waals surface area contributed by atoms with Gasteiger partial charge in [0.25, 0.3) is 0 Å². The van der Waals surface area contributed by atoms with Gasteiger partial charge < -0.3 is 15.3 Å². The van der Waals surface area contributed by atoms with Gasteiger partial charge in [-0.3, -0.25) is 4.68 Å². The minimum atomic E-state index is -0.529. The summed E-state index contributed by atoms with van der Waals surface area (Å²) in [6.07, 6.45) is 8.56. The molecule has 6 nitrogen and oxygen atoms in total. The van der Waals surface area contributed by atoms with Crippen molar-refractivity contribution in [2.24, 2.45) is 13.0 Å². The smallest absolute Gasteiger partial charge is 0.317 e. The lowest BCUT2D eigenvalue weighted by Gasteiger charge is -2.47. The van der Waals surface area contributed by atoms with Crippen LogP contribution in [0.3, 0.4) is 0 Å². The van der Waals surface area contributed by atoms with Crippen LogP contribution in [0.1, 0.15) is 37.7 Å². The number of carbonyl (C=O) groups is 1. The topological polar surface area (TPSA) is 70.4 Å². The molecule has 3 rings (SSSR count). The number of nitrogens with one attached hydrogen (secondary N) is 1. The van der Waals surface area contributed by atoms with Crippen LogP contribution in [0.25, 0.3) is 0 Å². The van der Waals surface area contributed by atoms with Crippen LogP contribution in [0.15, 0.2) is 12.4 Å². The van der Waals surface area contributed by atoms with E-state index in [1.54, 1.807) is 10.9 Å². The highest BCUT2D eigenvalue weighted by Gasteiger charge is 2.43. The summed E-state index contributed by atoms with van der Waals surface area (Å²) in [7, 11) is 1.86. The first-order chi connectivity index (χ1) is 10.1. The summed E-state index contributed by atoms with van der Waals surface area (Å²) in [5.41, 5.74) is 0.468. The van der Waals surface area contributed by atoms with E-state index in [-0.39, 0.29) is 11.9 Å². The molecule has 2 N–H and O–H groups in total. The lowest BCUT2D eigenvalue weighted by molar-refractivity contribution is -0.0870. The van der Waals surface area contributed by atoms with Crippen molar-refractivity contribution in [1.29, 1.82) is 0 Å². The Hall–Kier alpha value is -1.56. The summed E-state index contributed by atoms with van der Waals surface area (Å²) in [6, 6.07) is -0.0357. The van der Waals surface area contributed by atoms with Crippen molar-refractivity contribution < 1.29 is 9.90 Å². The summed E-state index contributed by atoms with van der Waals surface area (Å²) in [5.74, 6) is 0.240. The fourth-order valence-corrected chi connectivity index (χ4v) is 3.61. The average Bonchev–Trinajstić information content (AvgIpc) is 2.89. The second-order valence-corrected chi connectivity index (χ2v) is 6.42. The standard InChI is InChI=1S/C15H24N4O2/c1-18-10-12(9-17-18)8-16-14(20)19-7-6-15(21)5-3-2-4-13(15)11-19/h9-10,13,21H,2-8,11H2,1H3,(H,16,20). The molecule has 0 radical (unpaired) electrons. The van der Waals surface area contributed by atoms with Crippen LogP contribution >= 0.6 is 0 Å². The molecule has 116 valence electrons. The molecule has 0 bridgehead atoms. The molecule has 1 aliphatic heterocycles. The Labute approximate surface area is 125 Å². The van der Waals surface area contributed by atoms with Gasteiger partial charge >= 0.3 is 6.03 Å². The Balaban J connectivity index is 1.54. The molecule has 0 aromatic carbocycles. The number of amides is 2. The van der Waals surface area contributed by atoms with E-state index in [1.165, 1.54) is 0 Å². The van der Waals surface area contributed by atoms with Crippen molar-refractivity contribution in [2.75, 3.05) is 13.1 Å². The number of likely N-dealkylation sites (tertiary alicyclic amines) is 1. The minimum absolute atomic E-state index is 0.0357. The first-order valence-electron chi connectivity index (χ1n) is 7.79. The van der Waals surface area contributed by atoms with E-state index in [0.29, 0.717) is 26.1 Å². The van der Waals surface area contributed by atoms with Crippen molar-refractivity contribution in [3.63, 3.8) is 0 Å². The molecule has 2 heterocycles. The molecule has 2 amide bonds. The highest BCUT2D eigenvalue weighted by Crippen LogP contribution is 2.39. The average molecular weight is 292 g/mol. The molecular formula is C15H24N4O2. The maximum absolute atomic E-state index is 12.3. The molecule has 2 aliphatic rings. The van der Waals surface area contributed by atoms with Crippen LogP contribution in [0.4, 0.5) is 4.79 Å². The molecule has 1 aliphatic carbocycles. The first-order valence-corrected chi connectivity index (χ1v) is 7.79. The number of fused-ring (bicyclic) bond motifs is 1. The van der Waals surface area contributed by atoms with Gasteiger partial charge in [0.15, 0.2) is 0 Å². The zero-order valence-electron chi connectivity index (χ0n) is 12.6. The van der Waals surface area contributed by atoms with E-state index in [0.717, 1.165) is 31.2 Å². The maximum atomic E-state index is 12.3. The van der Waals surface area contributed by atoms with Crippen LogP contribution in [0.5, 0.6) is 0 Å². The monoisotopic (exact) mass is 292 g/mol. The quantitative estimate of drug-likeness (QED) is 0.862. The Morgan fingerprint density at radius 2 is 2.38 bits per heavy atom. The molecule has 2 unspecified atom stereocenters. The van der Waals surface area contributed by atoms with Gasteiger partial charge in [0.05, 0.1) is 11.8 Å². The number of carbonyl (C=O) groups excluding carboxylic acids is 1. The molecular weight excluding hydrogens is 268 g/mol. The fourth-order valence-electron chi connectivity index (χ4n) is 3.61. The van der Waals surface area contributed by atoms with Crippen molar-refractivity contribution in [3.05, 3.63) is 18.0 Å². The molecule has 1 saturated heterocycles. The maximum Gasteiger partial charge on any atom is 0.317 e. The zero-order valence-corrected chi connectivity index (χ0v) is 12.6. The minimum Gasteiger partial charge on any atom is -0.389 e. The van der Waals surface area contributed by atoms with Crippen LogP contribution in [0, 0.1) is 5.92 Å². The van der Waals surface area contributed by atoms with E-state index >= 15 is 0 Å². The van der Waals surface area contributed by atoms with Gasteiger partial charge in [-0.15, -0.1) is 0 Å². The number of rotatable bonds is 2. The van der Waals surface area contributed by atoms with Crippen molar-refractivity contribution in [3.8, 4) is 0 Å². The van der Waals surface area contributed by atoms with E-state index in [2.05, 4.69) is 10.4 Å². The SMILES string of the molecule is Cn1cc(CNC(=O)N2CCC3(O)CCCCC3C2)cn1. The highest BCUT2D eigenvalue weighted by atomic mass is 16.3. The molecule has 1 saturated carbocycles. The number of aliphatic hydroxyl groups is 1. The number of nitrogens with zero attached hydrogens (tertiary/aromatic N) is 3. The van der Waals surface area contributed by atoms with Gasteiger partial charge in [-0.25, -0.2) is 4.79 Å². The normalized spacial score (nSPS) is 29.0. The molecule has 6 heteroatoms. The third-order valence-corrected chi connectivity index (χ3v) is 4.92. The Morgan fingerprint density at radius 3 is 3.14 bits per heavy atom. The predicted molar refractivity (Wildman–Crippen MR) is 78.5 cm³/mol. The number of aromatic nitrogens is 2. The third-order valence-electron chi connectivity index (χ3n) is 4.92. The lowest BCUT2D eigenvalue weighted by Crippen LogP contribution is -2.56. The van der Waals surface area contributed by atoms with Gasteiger partial charge in [-0.2, -0.15) is 5.10 Å². The van der Waals surface area contributed by atoms with Crippen LogP contribution in [0.2, 0.25) is 0 Å². The largest absolute Gasteiger partial charge is 0.389 e. The number of hydrogen-bond donors (Lipinski definition) is 2. The van der Waals surface area contributed by atoms with Gasteiger partial charge in [0.2, 0.25) is 0 Å². The summed E-state index contributed by atoms with van der Waals surface area (Å²) in [5, 5.41) is 17.7. The predicted octanol–water partition coefficient (Wildman–Crippen LogP) is 1.26. The van der Waals surface area contributed by atoms with E-state index in [1.807, 2.05) is 18.1 Å². The molecule has 2 fully saturated rings. The number of piperidine rings is 1. The Morgan fingerprint density at radius 1 is 1.52 bits per heavy atom. The van der Waals surface area contributed by atoms with Gasteiger partial charge in [0.1, 0.15) is 0 Å². The fraction of sp³-hybridized carbons (Fsp3) is 0.733. The Kier molecular flexibility index (Phi) is 3.89. The second-order valence-electron chi connectivity index (χ2n) is 6.42. The van der Waals surface area contributed by atoms with Gasteiger partial charge in [0, 0.05) is 44.4 Å². The zero-order chi connectivity index (χ0) is 14.9. The Bertz CT molecular complexity index is 516. The number of aryl methyl sites for hydroxylation is 1. The summed E-state index contributed by atoms with van der Waals surface area (Å²) in [4.78, 5) is 14.1. The van der Waals surface area contributed by atoms with Crippen LogP contribution < -0.4 is 5.32 Å². The lowest BCUT2D eigenvalue weighted by atomic mass is 9.71. The summed E-state index contributed by atoms with van der Waals surface area (Å²) < 4.78 is 1.73. The number of hydrogen-bond acceptors (Lipinski definition) is 3. The third kappa shape index (κ3) is 3.05. The molecule has 1 aromatic rings. The summed E-state index contributed by atoms with van der Waals surface area (Å²) in [6.45, 7) is 1.82. The van der Waals surface area contributed by atoms with E-state index in [4.69, 9.17) is 0 Å². The van der Waals surface area contributed by atoms with E-state index < -0.39 is 5.60 Å². The molecule has 21 heavy (non-hydrogen) atoms. The van der Waals surface area contributed by atoms with Gasteiger partial charge in [-0.05, 0) is 19.3 Å². The van der Waals surface area contributed by atoms with Crippen molar-refractivity contribution in [2.45, 2.75) is 44.2 Å². The molecule has 0 spiro atoms. The van der Waals surface area contributed by atoms with Crippen molar-refractivity contribution in [1.82, 2.24) is 20.0 Å². The van der Waals surface area contributed by atoms with Gasteiger partial charge in [-0.1, -0.05) is 12.8 Å². The molecule has 1 aromatic heterocycles. The first kappa shape index (κ1) is 14.4. The van der Waals surface area contributed by atoms with Crippen LogP contribution in [-0.4, -0.2) is 44.5 Å². The number of urea groups is 1. The van der Waals surface area contributed by atoms with Crippen molar-refractivity contribution >= 4 is 6.03 Å².